The van der Waals surface area contributed by atoms with Crippen LogP contribution in [0.2, 0.25) is 0 Å². The zero-order valence-electron chi connectivity index (χ0n) is 10.4. The molecule has 0 spiro atoms. The summed E-state index contributed by atoms with van der Waals surface area (Å²) >= 11 is 1.80. The molecule has 2 aromatic rings. The van der Waals surface area contributed by atoms with Gasteiger partial charge in [-0.2, -0.15) is 0 Å². The highest BCUT2D eigenvalue weighted by Crippen LogP contribution is 2.41. The first-order valence-electron chi connectivity index (χ1n) is 6.44. The highest BCUT2D eigenvalue weighted by Gasteiger charge is 2.30. The van der Waals surface area contributed by atoms with Crippen molar-refractivity contribution in [3.8, 4) is 0 Å². The van der Waals surface area contributed by atoms with E-state index in [1.807, 2.05) is 6.92 Å². The molecule has 1 N–H and O–H groups in total. The van der Waals surface area contributed by atoms with E-state index in [4.69, 9.17) is 0 Å². The number of fused-ring (bicyclic) bond motifs is 1. The van der Waals surface area contributed by atoms with Crippen molar-refractivity contribution in [2.45, 2.75) is 44.8 Å². The van der Waals surface area contributed by atoms with Gasteiger partial charge in [-0.3, -0.25) is 0 Å². The molecule has 0 aliphatic heterocycles. The Morgan fingerprint density at radius 1 is 1.61 bits per heavy atom. The Balaban J connectivity index is 1.93. The van der Waals surface area contributed by atoms with Gasteiger partial charge < -0.3 is 5.11 Å². The Morgan fingerprint density at radius 3 is 3.33 bits per heavy atom. The molecule has 4 nitrogen and oxygen atoms in total. The van der Waals surface area contributed by atoms with Crippen LogP contribution in [0.4, 0.5) is 0 Å². The van der Waals surface area contributed by atoms with Crippen LogP contribution in [0.3, 0.4) is 0 Å². The molecule has 18 heavy (non-hydrogen) atoms. The van der Waals surface area contributed by atoms with Gasteiger partial charge in [-0.05, 0) is 43.2 Å². The molecule has 1 aliphatic rings. The molecule has 3 rings (SSSR count). The zero-order valence-corrected chi connectivity index (χ0v) is 11.2. The molecule has 2 heterocycles. The molecule has 0 saturated carbocycles. The predicted molar refractivity (Wildman–Crippen MR) is 70.7 cm³/mol. The third-order valence-corrected chi connectivity index (χ3v) is 4.73. The van der Waals surface area contributed by atoms with Gasteiger partial charge >= 0.3 is 0 Å². The molecule has 0 radical (unpaired) electrons. The minimum Gasteiger partial charge on any atom is -0.386 e. The lowest BCUT2D eigenvalue weighted by Crippen LogP contribution is -2.18. The van der Waals surface area contributed by atoms with Crippen LogP contribution in [0, 0.1) is 0 Å². The Kier molecular flexibility index (Phi) is 3.18. The van der Waals surface area contributed by atoms with E-state index in [9.17, 15) is 5.11 Å². The number of aromatic nitrogens is 3. The Bertz CT molecular complexity index is 534. The van der Waals surface area contributed by atoms with E-state index in [0.29, 0.717) is 0 Å². The van der Waals surface area contributed by atoms with Gasteiger partial charge in [-0.1, -0.05) is 5.21 Å². The first kappa shape index (κ1) is 11.9. The van der Waals surface area contributed by atoms with Gasteiger partial charge in [-0.25, -0.2) is 4.68 Å². The van der Waals surface area contributed by atoms with Crippen LogP contribution in [-0.2, 0) is 13.0 Å². The van der Waals surface area contributed by atoms with E-state index < -0.39 is 6.10 Å². The maximum absolute atomic E-state index is 10.6. The summed E-state index contributed by atoms with van der Waals surface area (Å²) in [7, 11) is 0. The van der Waals surface area contributed by atoms with Crippen LogP contribution >= 0.6 is 11.3 Å². The summed E-state index contributed by atoms with van der Waals surface area (Å²) in [6, 6.07) is 2.16. The zero-order chi connectivity index (χ0) is 12.5. The molecule has 0 saturated heterocycles. The van der Waals surface area contributed by atoms with Crippen LogP contribution in [0.25, 0.3) is 0 Å². The number of hydrogen-bond donors (Lipinski definition) is 1. The smallest absolute Gasteiger partial charge is 0.104 e. The van der Waals surface area contributed by atoms with Crippen LogP contribution in [0.15, 0.2) is 17.6 Å². The van der Waals surface area contributed by atoms with Crippen LogP contribution in [0.5, 0.6) is 0 Å². The number of thiophene rings is 1. The van der Waals surface area contributed by atoms with Gasteiger partial charge in [0.1, 0.15) is 6.10 Å². The molecular formula is C13H17N3OS. The van der Waals surface area contributed by atoms with Crippen molar-refractivity contribution in [1.82, 2.24) is 15.0 Å². The Hall–Kier alpha value is -1.20. The summed E-state index contributed by atoms with van der Waals surface area (Å²) in [5.41, 5.74) is 2.16. The second-order valence-corrected chi connectivity index (χ2v) is 5.72. The van der Waals surface area contributed by atoms with E-state index in [2.05, 4.69) is 21.8 Å². The average molecular weight is 263 g/mol. The van der Waals surface area contributed by atoms with Crippen molar-refractivity contribution in [2.75, 3.05) is 0 Å². The van der Waals surface area contributed by atoms with Crippen LogP contribution < -0.4 is 0 Å². The molecule has 0 amide bonds. The largest absolute Gasteiger partial charge is 0.386 e. The van der Waals surface area contributed by atoms with Gasteiger partial charge in [0.15, 0.2) is 0 Å². The molecule has 2 aromatic heterocycles. The van der Waals surface area contributed by atoms with E-state index in [1.165, 1.54) is 10.4 Å². The summed E-state index contributed by atoms with van der Waals surface area (Å²) in [5, 5.41) is 20.7. The lowest BCUT2D eigenvalue weighted by Gasteiger charge is -2.27. The Morgan fingerprint density at radius 2 is 2.50 bits per heavy atom. The summed E-state index contributed by atoms with van der Waals surface area (Å²) in [6.45, 7) is 2.76. The van der Waals surface area contributed by atoms with Crippen molar-refractivity contribution < 1.29 is 5.11 Å². The number of aryl methyl sites for hydroxylation is 2. The summed E-state index contributed by atoms with van der Waals surface area (Å²) in [6.07, 6.45) is 4.55. The fourth-order valence-electron chi connectivity index (χ4n) is 2.80. The normalized spacial score (nSPS) is 20.7. The molecule has 1 aliphatic carbocycles. The number of aliphatic hydroxyl groups excluding tert-OH is 1. The second kappa shape index (κ2) is 4.82. The Labute approximate surface area is 110 Å². The summed E-state index contributed by atoms with van der Waals surface area (Å²) in [5.74, 6) is 0.198. The van der Waals surface area contributed by atoms with Crippen molar-refractivity contribution >= 4 is 11.3 Å². The average Bonchev–Trinajstić information content (AvgIpc) is 3.05. The van der Waals surface area contributed by atoms with Crippen LogP contribution in [-0.4, -0.2) is 20.1 Å². The van der Waals surface area contributed by atoms with Gasteiger partial charge in [0, 0.05) is 17.3 Å². The molecule has 5 heteroatoms. The van der Waals surface area contributed by atoms with Crippen molar-refractivity contribution in [3.63, 3.8) is 0 Å². The van der Waals surface area contributed by atoms with E-state index >= 15 is 0 Å². The molecule has 0 aromatic carbocycles. The first-order chi connectivity index (χ1) is 8.81. The van der Waals surface area contributed by atoms with Crippen molar-refractivity contribution in [2.24, 2.45) is 0 Å². The minimum atomic E-state index is -0.492. The second-order valence-electron chi connectivity index (χ2n) is 4.72. The standard InChI is InChI=1S/C13H17N3OS/c1-2-16-11(8-14-15-16)13(17)10-4-3-5-12-9(10)6-7-18-12/h6-8,10,13,17H,2-5H2,1H3. The van der Waals surface area contributed by atoms with Crippen molar-refractivity contribution in [3.05, 3.63) is 33.8 Å². The fraction of sp³-hybridized carbons (Fsp3) is 0.538. The number of rotatable bonds is 3. The van der Waals surface area contributed by atoms with Crippen LogP contribution in [0.1, 0.15) is 47.9 Å². The quantitative estimate of drug-likeness (QED) is 0.925. The molecular weight excluding hydrogens is 246 g/mol. The summed E-state index contributed by atoms with van der Waals surface area (Å²) < 4.78 is 1.78. The van der Waals surface area contributed by atoms with Crippen molar-refractivity contribution in [1.29, 1.82) is 0 Å². The first-order valence-corrected chi connectivity index (χ1v) is 7.32. The number of aliphatic hydroxyl groups is 1. The van der Waals surface area contributed by atoms with Gasteiger partial charge in [-0.15, -0.1) is 16.4 Å². The molecule has 2 unspecified atom stereocenters. The minimum absolute atomic E-state index is 0.198. The van der Waals surface area contributed by atoms with E-state index in [-0.39, 0.29) is 5.92 Å². The van der Waals surface area contributed by atoms with E-state index in [0.717, 1.165) is 31.5 Å². The fourth-order valence-corrected chi connectivity index (χ4v) is 3.79. The molecule has 2 atom stereocenters. The third-order valence-electron chi connectivity index (χ3n) is 3.73. The number of hydrogen-bond acceptors (Lipinski definition) is 4. The highest BCUT2D eigenvalue weighted by molar-refractivity contribution is 7.10. The molecule has 0 fully saturated rings. The van der Waals surface area contributed by atoms with Gasteiger partial charge in [0.05, 0.1) is 11.9 Å². The molecule has 0 bridgehead atoms. The lowest BCUT2D eigenvalue weighted by molar-refractivity contribution is 0.126. The SMILES string of the molecule is CCn1nncc1C(O)C1CCCc2sccc21. The predicted octanol–water partition coefficient (Wildman–Crippen LogP) is 2.51. The maximum atomic E-state index is 10.6. The molecule has 96 valence electrons. The lowest BCUT2D eigenvalue weighted by atomic mass is 9.83. The number of nitrogens with zero attached hydrogens (tertiary/aromatic N) is 3. The monoisotopic (exact) mass is 263 g/mol. The van der Waals surface area contributed by atoms with E-state index in [1.54, 1.807) is 22.2 Å². The van der Waals surface area contributed by atoms with Gasteiger partial charge in [0.2, 0.25) is 0 Å². The summed E-state index contributed by atoms with van der Waals surface area (Å²) in [4.78, 5) is 1.43. The maximum Gasteiger partial charge on any atom is 0.104 e. The highest BCUT2D eigenvalue weighted by atomic mass is 32.1. The topological polar surface area (TPSA) is 50.9 Å². The third kappa shape index (κ3) is 1.87. The van der Waals surface area contributed by atoms with Gasteiger partial charge in [0.25, 0.3) is 0 Å².